The molecular weight excluding hydrogens is 294 g/mol. The Bertz CT molecular complexity index is 284. The first-order valence-electron chi connectivity index (χ1n) is 2.98. The van der Waals surface area contributed by atoms with E-state index in [2.05, 4.69) is 41.8 Å². The molecule has 66 valence electrons. The van der Waals surface area contributed by atoms with Crippen molar-refractivity contribution in [1.29, 1.82) is 0 Å². The molecule has 1 heterocycles. The molecule has 0 bridgehead atoms. The SMILES string of the molecule is COC(=O)c1cc(C(Br)Br)on1. The van der Waals surface area contributed by atoms with E-state index in [1.54, 1.807) is 0 Å². The summed E-state index contributed by atoms with van der Waals surface area (Å²) in [6.07, 6.45) is 0. The highest BCUT2D eigenvalue weighted by molar-refractivity contribution is 9.24. The summed E-state index contributed by atoms with van der Waals surface area (Å²) in [5.41, 5.74) is 0.163. The first-order valence-corrected chi connectivity index (χ1v) is 4.81. The maximum Gasteiger partial charge on any atom is 0.360 e. The zero-order valence-electron chi connectivity index (χ0n) is 6.08. The largest absolute Gasteiger partial charge is 0.464 e. The van der Waals surface area contributed by atoms with Crippen molar-refractivity contribution in [3.63, 3.8) is 0 Å². The number of nitrogens with zero attached hydrogens (tertiary/aromatic N) is 1. The van der Waals surface area contributed by atoms with Gasteiger partial charge in [0.25, 0.3) is 0 Å². The molecule has 1 rings (SSSR count). The van der Waals surface area contributed by atoms with Gasteiger partial charge in [-0.15, -0.1) is 0 Å². The Morgan fingerprint density at radius 3 is 2.83 bits per heavy atom. The monoisotopic (exact) mass is 297 g/mol. The van der Waals surface area contributed by atoms with Gasteiger partial charge in [-0.2, -0.15) is 0 Å². The number of esters is 1. The molecule has 6 heteroatoms. The fourth-order valence-electron chi connectivity index (χ4n) is 0.593. The molecule has 0 aliphatic heterocycles. The first kappa shape index (κ1) is 9.73. The molecule has 0 unspecified atom stereocenters. The minimum Gasteiger partial charge on any atom is -0.464 e. The van der Waals surface area contributed by atoms with Crippen LogP contribution in [0.5, 0.6) is 0 Å². The van der Waals surface area contributed by atoms with Gasteiger partial charge in [-0.3, -0.25) is 0 Å². The zero-order valence-corrected chi connectivity index (χ0v) is 9.25. The number of rotatable bonds is 2. The molecule has 0 N–H and O–H groups in total. The Hall–Kier alpha value is -0.360. The summed E-state index contributed by atoms with van der Waals surface area (Å²) in [6.45, 7) is 0. The van der Waals surface area contributed by atoms with Gasteiger partial charge < -0.3 is 9.26 Å². The minimum atomic E-state index is -0.509. The number of methoxy groups -OCH3 is 1. The standard InChI is InChI=1S/C6H5Br2NO3/c1-11-6(10)3-2-4(5(7)8)12-9-3/h2,5H,1H3. The Morgan fingerprint density at radius 1 is 1.75 bits per heavy atom. The van der Waals surface area contributed by atoms with E-state index in [1.165, 1.54) is 13.2 Å². The lowest BCUT2D eigenvalue weighted by Crippen LogP contribution is -2.00. The number of halogens is 2. The van der Waals surface area contributed by atoms with Gasteiger partial charge in [0.2, 0.25) is 0 Å². The molecule has 4 nitrogen and oxygen atoms in total. The fraction of sp³-hybridized carbons (Fsp3) is 0.333. The highest BCUT2D eigenvalue weighted by Crippen LogP contribution is 2.29. The van der Waals surface area contributed by atoms with Crippen LogP contribution in [0.1, 0.15) is 20.0 Å². The van der Waals surface area contributed by atoms with Crippen molar-refractivity contribution in [2.24, 2.45) is 0 Å². The van der Waals surface area contributed by atoms with E-state index in [9.17, 15) is 4.79 Å². The summed E-state index contributed by atoms with van der Waals surface area (Å²) >= 11 is 6.40. The molecular formula is C6H5Br2NO3. The predicted molar refractivity (Wildman–Crippen MR) is 48.4 cm³/mol. The van der Waals surface area contributed by atoms with Crippen LogP contribution in [-0.4, -0.2) is 18.2 Å². The predicted octanol–water partition coefficient (Wildman–Crippen LogP) is 2.25. The number of hydrogen-bond acceptors (Lipinski definition) is 4. The number of ether oxygens (including phenoxy) is 1. The highest BCUT2D eigenvalue weighted by Gasteiger charge is 2.15. The molecule has 0 radical (unpaired) electrons. The molecule has 0 aliphatic carbocycles. The van der Waals surface area contributed by atoms with E-state index in [-0.39, 0.29) is 9.43 Å². The second-order valence-electron chi connectivity index (χ2n) is 1.91. The lowest BCUT2D eigenvalue weighted by Gasteiger charge is -1.90. The summed E-state index contributed by atoms with van der Waals surface area (Å²) < 4.78 is 9.10. The van der Waals surface area contributed by atoms with Gasteiger partial charge in [-0.1, -0.05) is 37.0 Å². The molecule has 0 aliphatic rings. The van der Waals surface area contributed by atoms with Crippen LogP contribution in [0.25, 0.3) is 0 Å². The number of hydrogen-bond donors (Lipinski definition) is 0. The van der Waals surface area contributed by atoms with Crippen molar-refractivity contribution in [2.45, 2.75) is 3.74 Å². The lowest BCUT2D eigenvalue weighted by molar-refractivity contribution is 0.0589. The Morgan fingerprint density at radius 2 is 2.42 bits per heavy atom. The molecule has 1 aromatic heterocycles. The van der Waals surface area contributed by atoms with Crippen molar-refractivity contribution in [3.05, 3.63) is 17.5 Å². The van der Waals surface area contributed by atoms with Crippen molar-refractivity contribution in [1.82, 2.24) is 5.16 Å². The summed E-state index contributed by atoms with van der Waals surface area (Å²) in [6, 6.07) is 1.50. The summed E-state index contributed by atoms with van der Waals surface area (Å²) in [5.74, 6) is 0.0149. The van der Waals surface area contributed by atoms with Crippen molar-refractivity contribution in [2.75, 3.05) is 7.11 Å². The molecule has 12 heavy (non-hydrogen) atoms. The molecule has 1 aromatic rings. The van der Waals surface area contributed by atoms with E-state index >= 15 is 0 Å². The third-order valence-corrected chi connectivity index (χ3v) is 2.04. The molecule has 0 saturated carbocycles. The zero-order chi connectivity index (χ0) is 9.14. The average Bonchev–Trinajstić information content (AvgIpc) is 2.51. The third kappa shape index (κ3) is 2.07. The average molecular weight is 299 g/mol. The van der Waals surface area contributed by atoms with Crippen molar-refractivity contribution >= 4 is 37.8 Å². The van der Waals surface area contributed by atoms with E-state index in [0.29, 0.717) is 5.76 Å². The van der Waals surface area contributed by atoms with Crippen LogP contribution in [0.3, 0.4) is 0 Å². The molecule has 0 saturated heterocycles. The van der Waals surface area contributed by atoms with Crippen molar-refractivity contribution < 1.29 is 14.1 Å². The summed E-state index contributed by atoms with van der Waals surface area (Å²) in [7, 11) is 1.29. The Balaban J connectivity index is 2.84. The Labute approximate surface area is 85.5 Å². The van der Waals surface area contributed by atoms with Crippen LogP contribution in [0.4, 0.5) is 0 Å². The van der Waals surface area contributed by atoms with Crippen LogP contribution < -0.4 is 0 Å². The molecule has 0 atom stereocenters. The van der Waals surface area contributed by atoms with E-state index in [4.69, 9.17) is 4.52 Å². The number of carbonyl (C=O) groups is 1. The maximum atomic E-state index is 10.9. The van der Waals surface area contributed by atoms with E-state index in [0.717, 1.165) is 0 Å². The fourth-order valence-corrected chi connectivity index (χ4v) is 1.02. The lowest BCUT2D eigenvalue weighted by atomic mass is 10.4. The number of aromatic nitrogens is 1. The molecule has 0 aromatic carbocycles. The van der Waals surface area contributed by atoms with E-state index < -0.39 is 5.97 Å². The van der Waals surface area contributed by atoms with Gasteiger partial charge >= 0.3 is 5.97 Å². The first-order chi connectivity index (χ1) is 5.65. The van der Waals surface area contributed by atoms with Gasteiger partial charge in [-0.05, 0) is 0 Å². The second kappa shape index (κ2) is 4.04. The van der Waals surface area contributed by atoms with Crippen molar-refractivity contribution in [3.8, 4) is 0 Å². The molecule has 0 spiro atoms. The van der Waals surface area contributed by atoms with Gasteiger partial charge in [0.1, 0.15) is 3.74 Å². The van der Waals surface area contributed by atoms with Gasteiger partial charge in [-0.25, -0.2) is 4.79 Å². The van der Waals surface area contributed by atoms with Crippen LogP contribution in [-0.2, 0) is 4.74 Å². The highest BCUT2D eigenvalue weighted by atomic mass is 79.9. The summed E-state index contributed by atoms with van der Waals surface area (Å²) in [5, 5.41) is 3.50. The van der Waals surface area contributed by atoms with Gasteiger partial charge in [0, 0.05) is 6.07 Å². The maximum absolute atomic E-state index is 10.9. The normalized spacial score (nSPS) is 10.3. The van der Waals surface area contributed by atoms with Crippen LogP contribution >= 0.6 is 31.9 Å². The molecule has 0 amide bonds. The quantitative estimate of drug-likeness (QED) is 0.621. The Kier molecular flexibility index (Phi) is 3.28. The smallest absolute Gasteiger partial charge is 0.360 e. The van der Waals surface area contributed by atoms with Gasteiger partial charge in [0.05, 0.1) is 7.11 Å². The number of alkyl halides is 2. The third-order valence-electron chi connectivity index (χ3n) is 1.14. The minimum absolute atomic E-state index is 0.143. The topological polar surface area (TPSA) is 52.3 Å². The van der Waals surface area contributed by atoms with E-state index in [1.807, 2.05) is 0 Å². The van der Waals surface area contributed by atoms with Crippen LogP contribution in [0.2, 0.25) is 0 Å². The second-order valence-corrected chi connectivity index (χ2v) is 4.97. The number of carbonyl (C=O) groups excluding carboxylic acids is 1. The van der Waals surface area contributed by atoms with Crippen LogP contribution in [0, 0.1) is 0 Å². The molecule has 0 fully saturated rings. The summed E-state index contributed by atoms with van der Waals surface area (Å²) in [4.78, 5) is 10.9. The van der Waals surface area contributed by atoms with Gasteiger partial charge in [0.15, 0.2) is 11.5 Å². The van der Waals surface area contributed by atoms with Crippen LogP contribution in [0.15, 0.2) is 10.6 Å².